The Bertz CT molecular complexity index is 207. The lowest BCUT2D eigenvalue weighted by atomic mass is 9.68. The molecule has 0 amide bonds. The molecule has 0 aromatic carbocycles. The summed E-state index contributed by atoms with van der Waals surface area (Å²) in [5.41, 5.74) is -0.0178. The van der Waals surface area contributed by atoms with Crippen LogP contribution in [0.2, 0.25) is 0 Å². The first-order valence-electron chi connectivity index (χ1n) is 5.89. The predicted molar refractivity (Wildman–Crippen MR) is 60.2 cm³/mol. The summed E-state index contributed by atoms with van der Waals surface area (Å²) in [4.78, 5) is 12.0. The maximum Gasteiger partial charge on any atom is 0.139 e. The summed E-state index contributed by atoms with van der Waals surface area (Å²) >= 11 is 0. The van der Waals surface area contributed by atoms with Gasteiger partial charge in [0, 0.05) is 11.8 Å². The van der Waals surface area contributed by atoms with Crippen molar-refractivity contribution in [1.29, 1.82) is 0 Å². The highest BCUT2D eigenvalue weighted by Crippen LogP contribution is 2.40. The topological polar surface area (TPSA) is 17.1 Å². The summed E-state index contributed by atoms with van der Waals surface area (Å²) in [6.07, 6.45) is 10.5. The monoisotopic (exact) mass is 194 g/mol. The highest BCUT2D eigenvalue weighted by molar-refractivity contribution is 5.85. The molecule has 0 aromatic heterocycles. The van der Waals surface area contributed by atoms with Gasteiger partial charge in [-0.1, -0.05) is 32.3 Å². The molecule has 1 atom stereocenters. The Hall–Kier alpha value is -0.590. The van der Waals surface area contributed by atoms with Gasteiger partial charge in [-0.2, -0.15) is 0 Å². The minimum atomic E-state index is -0.0178. The normalized spacial score (nSPS) is 27.6. The molecule has 14 heavy (non-hydrogen) atoms. The third kappa shape index (κ3) is 2.46. The Morgan fingerprint density at radius 2 is 2.29 bits per heavy atom. The first-order chi connectivity index (χ1) is 6.75. The minimum Gasteiger partial charge on any atom is -0.299 e. The van der Waals surface area contributed by atoms with E-state index >= 15 is 0 Å². The summed E-state index contributed by atoms with van der Waals surface area (Å²) in [6.45, 7) is 5.98. The highest BCUT2D eigenvalue weighted by atomic mass is 16.1. The molecule has 0 bridgehead atoms. The van der Waals surface area contributed by atoms with E-state index in [1.807, 2.05) is 6.08 Å². The van der Waals surface area contributed by atoms with Crippen molar-refractivity contribution in [2.24, 2.45) is 5.41 Å². The number of ketones is 1. The van der Waals surface area contributed by atoms with Crippen molar-refractivity contribution in [3.05, 3.63) is 12.7 Å². The second kappa shape index (κ2) is 5.33. The first-order valence-corrected chi connectivity index (χ1v) is 5.89. The molecule has 1 aliphatic rings. The molecule has 0 aromatic rings. The van der Waals surface area contributed by atoms with Crippen LogP contribution in [0.15, 0.2) is 12.7 Å². The molecule has 1 saturated carbocycles. The number of hydrogen-bond donors (Lipinski definition) is 0. The average Bonchev–Trinajstić information content (AvgIpc) is 2.20. The molecule has 80 valence electrons. The fourth-order valence-corrected chi connectivity index (χ4v) is 2.53. The molecule has 1 aliphatic carbocycles. The van der Waals surface area contributed by atoms with Gasteiger partial charge in [-0.25, -0.2) is 0 Å². The summed E-state index contributed by atoms with van der Waals surface area (Å²) in [6, 6.07) is 0. The number of hydrogen-bond acceptors (Lipinski definition) is 1. The Kier molecular flexibility index (Phi) is 4.37. The van der Waals surface area contributed by atoms with E-state index in [0.717, 1.165) is 32.1 Å². The van der Waals surface area contributed by atoms with Gasteiger partial charge in [-0.3, -0.25) is 4.79 Å². The van der Waals surface area contributed by atoms with Crippen LogP contribution in [0.4, 0.5) is 0 Å². The van der Waals surface area contributed by atoms with Crippen molar-refractivity contribution in [2.75, 3.05) is 0 Å². The fourth-order valence-electron chi connectivity index (χ4n) is 2.53. The molecule has 0 N–H and O–H groups in total. The van der Waals surface area contributed by atoms with Crippen LogP contribution < -0.4 is 0 Å². The van der Waals surface area contributed by atoms with Crippen molar-refractivity contribution in [3.8, 4) is 0 Å². The van der Waals surface area contributed by atoms with Gasteiger partial charge >= 0.3 is 0 Å². The maximum atomic E-state index is 12.0. The van der Waals surface area contributed by atoms with Crippen molar-refractivity contribution >= 4 is 5.78 Å². The molecular weight excluding hydrogens is 172 g/mol. The molecule has 1 nitrogen and oxygen atoms in total. The molecule has 0 aliphatic heterocycles. The van der Waals surface area contributed by atoms with E-state index in [0.29, 0.717) is 5.78 Å². The van der Waals surface area contributed by atoms with E-state index in [4.69, 9.17) is 0 Å². The maximum absolute atomic E-state index is 12.0. The lowest BCUT2D eigenvalue weighted by Gasteiger charge is -2.35. The van der Waals surface area contributed by atoms with Crippen LogP contribution in [0.25, 0.3) is 0 Å². The van der Waals surface area contributed by atoms with Gasteiger partial charge in [0.2, 0.25) is 0 Å². The number of unbranched alkanes of at least 4 members (excludes halogenated alkanes) is 1. The summed E-state index contributed by atoms with van der Waals surface area (Å²) in [5, 5.41) is 0. The van der Waals surface area contributed by atoms with Crippen LogP contribution in [0, 0.1) is 5.41 Å². The largest absolute Gasteiger partial charge is 0.299 e. The van der Waals surface area contributed by atoms with Crippen LogP contribution >= 0.6 is 0 Å². The molecule has 0 saturated heterocycles. The van der Waals surface area contributed by atoms with E-state index in [1.165, 1.54) is 19.3 Å². The lowest BCUT2D eigenvalue weighted by molar-refractivity contribution is -0.131. The van der Waals surface area contributed by atoms with Gasteiger partial charge in [0.25, 0.3) is 0 Å². The van der Waals surface area contributed by atoms with Crippen molar-refractivity contribution < 1.29 is 4.79 Å². The Balaban J connectivity index is 2.66. The standard InChI is InChI=1S/C13H22O/c1-3-5-10-13(9-4-2)11-7-6-8-12(13)14/h4H,2-3,5-11H2,1H3. The first kappa shape index (κ1) is 11.5. The quantitative estimate of drug-likeness (QED) is 0.607. The predicted octanol–water partition coefficient (Wildman–Crippen LogP) is 3.88. The average molecular weight is 194 g/mol. The summed E-state index contributed by atoms with van der Waals surface area (Å²) in [7, 11) is 0. The van der Waals surface area contributed by atoms with Crippen LogP contribution in [-0.4, -0.2) is 5.78 Å². The molecule has 1 unspecified atom stereocenters. The number of allylic oxidation sites excluding steroid dienone is 1. The van der Waals surface area contributed by atoms with Gasteiger partial charge < -0.3 is 0 Å². The molecule has 1 rings (SSSR count). The number of carbonyl (C=O) groups is 1. The van der Waals surface area contributed by atoms with E-state index < -0.39 is 0 Å². The Labute approximate surface area is 87.6 Å². The molecule has 1 heteroatoms. The molecule has 0 heterocycles. The van der Waals surface area contributed by atoms with E-state index in [1.54, 1.807) is 0 Å². The molecule has 0 spiro atoms. The van der Waals surface area contributed by atoms with Gasteiger partial charge in [0.1, 0.15) is 5.78 Å². The highest BCUT2D eigenvalue weighted by Gasteiger charge is 2.37. The van der Waals surface area contributed by atoms with Crippen molar-refractivity contribution in [2.45, 2.75) is 58.3 Å². The number of Topliss-reactive ketones (excluding diaryl/α,β-unsaturated/α-hetero) is 1. The number of rotatable bonds is 5. The van der Waals surface area contributed by atoms with Crippen LogP contribution in [0.5, 0.6) is 0 Å². The van der Waals surface area contributed by atoms with Crippen LogP contribution in [0.3, 0.4) is 0 Å². The summed E-state index contributed by atoms with van der Waals surface area (Å²) in [5.74, 6) is 0.497. The van der Waals surface area contributed by atoms with E-state index in [2.05, 4.69) is 13.5 Å². The SMILES string of the molecule is C=CCC1(CCCC)CCCCC1=O. The van der Waals surface area contributed by atoms with Gasteiger partial charge in [-0.05, 0) is 25.7 Å². The van der Waals surface area contributed by atoms with E-state index in [-0.39, 0.29) is 5.41 Å². The van der Waals surface area contributed by atoms with Gasteiger partial charge in [0.05, 0.1) is 0 Å². The van der Waals surface area contributed by atoms with Crippen LogP contribution in [-0.2, 0) is 4.79 Å². The third-order valence-corrected chi connectivity index (χ3v) is 3.44. The fraction of sp³-hybridized carbons (Fsp3) is 0.769. The van der Waals surface area contributed by atoms with Crippen molar-refractivity contribution in [1.82, 2.24) is 0 Å². The Morgan fingerprint density at radius 3 is 2.86 bits per heavy atom. The van der Waals surface area contributed by atoms with Crippen molar-refractivity contribution in [3.63, 3.8) is 0 Å². The summed E-state index contributed by atoms with van der Waals surface area (Å²) < 4.78 is 0. The molecule has 0 radical (unpaired) electrons. The third-order valence-electron chi connectivity index (χ3n) is 3.44. The zero-order valence-corrected chi connectivity index (χ0v) is 9.35. The Morgan fingerprint density at radius 1 is 1.50 bits per heavy atom. The smallest absolute Gasteiger partial charge is 0.139 e. The minimum absolute atomic E-state index is 0.0178. The zero-order chi connectivity index (χ0) is 10.4. The van der Waals surface area contributed by atoms with Gasteiger partial charge in [0.15, 0.2) is 0 Å². The van der Waals surface area contributed by atoms with Gasteiger partial charge in [-0.15, -0.1) is 6.58 Å². The van der Waals surface area contributed by atoms with Crippen LogP contribution in [0.1, 0.15) is 58.3 Å². The molecular formula is C13H22O. The second-order valence-corrected chi connectivity index (χ2v) is 4.51. The molecule has 1 fully saturated rings. The number of carbonyl (C=O) groups excluding carboxylic acids is 1. The second-order valence-electron chi connectivity index (χ2n) is 4.51. The lowest BCUT2D eigenvalue weighted by Crippen LogP contribution is -2.33. The zero-order valence-electron chi connectivity index (χ0n) is 9.35. The van der Waals surface area contributed by atoms with E-state index in [9.17, 15) is 4.79 Å².